The normalized spacial score (nSPS) is 25.4. The van der Waals surface area contributed by atoms with Crippen molar-refractivity contribution in [3.05, 3.63) is 0 Å². The Bertz CT molecular complexity index is 222. The van der Waals surface area contributed by atoms with E-state index in [0.29, 0.717) is 19.0 Å². The van der Waals surface area contributed by atoms with E-state index in [1.54, 1.807) is 0 Å². The maximum Gasteiger partial charge on any atom is 0.239 e. The Balaban J connectivity index is 1.93. The average molecular weight is 198 g/mol. The van der Waals surface area contributed by atoms with Gasteiger partial charge < -0.3 is 9.57 Å². The molecule has 1 heterocycles. The standard InChI is InChI=1S/C10H18N2O2/c1-2-13-9-8-11-10(14-12-9)6-4-3-5-7-10/h11H,2-8H2,1H3. The number of hydrogen-bond donors (Lipinski definition) is 1. The average Bonchev–Trinajstić information content (AvgIpc) is 2.24. The van der Waals surface area contributed by atoms with Gasteiger partial charge in [0, 0.05) is 12.8 Å². The van der Waals surface area contributed by atoms with Crippen molar-refractivity contribution >= 4 is 5.90 Å². The lowest BCUT2D eigenvalue weighted by Crippen LogP contribution is -2.53. The summed E-state index contributed by atoms with van der Waals surface area (Å²) < 4.78 is 5.28. The highest BCUT2D eigenvalue weighted by atomic mass is 16.7. The molecule has 0 aromatic carbocycles. The minimum absolute atomic E-state index is 0.182. The Labute approximate surface area is 84.6 Å². The summed E-state index contributed by atoms with van der Waals surface area (Å²) in [6, 6.07) is 0. The van der Waals surface area contributed by atoms with E-state index in [2.05, 4.69) is 10.5 Å². The van der Waals surface area contributed by atoms with E-state index in [1.165, 1.54) is 19.3 Å². The lowest BCUT2D eigenvalue weighted by atomic mass is 9.91. The summed E-state index contributed by atoms with van der Waals surface area (Å²) in [7, 11) is 0. The molecular formula is C10H18N2O2. The second-order valence-corrected chi connectivity index (χ2v) is 3.92. The molecule has 1 saturated carbocycles. The smallest absolute Gasteiger partial charge is 0.239 e. The van der Waals surface area contributed by atoms with Gasteiger partial charge in [-0.05, 0) is 24.9 Å². The van der Waals surface area contributed by atoms with Crippen LogP contribution in [0.25, 0.3) is 0 Å². The first-order chi connectivity index (χ1) is 6.85. The predicted molar refractivity (Wildman–Crippen MR) is 54.0 cm³/mol. The van der Waals surface area contributed by atoms with E-state index in [1.807, 2.05) is 6.92 Å². The van der Waals surface area contributed by atoms with Crippen LogP contribution in [0.5, 0.6) is 0 Å². The molecule has 0 aromatic rings. The number of hydrogen-bond acceptors (Lipinski definition) is 4. The molecule has 80 valence electrons. The first-order valence-corrected chi connectivity index (χ1v) is 5.47. The second kappa shape index (κ2) is 4.17. The monoisotopic (exact) mass is 198 g/mol. The molecule has 2 rings (SSSR count). The molecule has 0 unspecified atom stereocenters. The summed E-state index contributed by atoms with van der Waals surface area (Å²) in [5, 5.41) is 7.42. The van der Waals surface area contributed by atoms with E-state index >= 15 is 0 Å². The Kier molecular flexibility index (Phi) is 2.91. The van der Waals surface area contributed by atoms with Gasteiger partial charge in [-0.1, -0.05) is 6.42 Å². The molecule has 0 amide bonds. The van der Waals surface area contributed by atoms with Gasteiger partial charge in [0.1, 0.15) is 0 Å². The summed E-state index contributed by atoms with van der Waals surface area (Å²) in [5.74, 6) is 0.670. The van der Waals surface area contributed by atoms with Crippen LogP contribution in [0.1, 0.15) is 39.0 Å². The molecule has 0 aromatic heterocycles. The van der Waals surface area contributed by atoms with Crippen LogP contribution < -0.4 is 5.32 Å². The maximum absolute atomic E-state index is 5.52. The number of ether oxygens (including phenoxy) is 1. The zero-order valence-electron chi connectivity index (χ0n) is 8.71. The SMILES string of the molecule is CCOC1=NOC2(CCCCC2)NC1. The molecule has 14 heavy (non-hydrogen) atoms. The highest BCUT2D eigenvalue weighted by Gasteiger charge is 2.37. The van der Waals surface area contributed by atoms with Crippen molar-refractivity contribution in [3.63, 3.8) is 0 Å². The van der Waals surface area contributed by atoms with E-state index in [-0.39, 0.29) is 5.72 Å². The summed E-state index contributed by atoms with van der Waals surface area (Å²) in [6.45, 7) is 3.30. The van der Waals surface area contributed by atoms with E-state index in [4.69, 9.17) is 9.57 Å². The van der Waals surface area contributed by atoms with Crippen molar-refractivity contribution in [1.29, 1.82) is 0 Å². The van der Waals surface area contributed by atoms with Crippen LogP contribution in [0.15, 0.2) is 5.16 Å². The number of nitrogens with one attached hydrogen (secondary N) is 1. The lowest BCUT2D eigenvalue weighted by molar-refractivity contribution is -0.104. The molecule has 2 aliphatic rings. The molecule has 0 bridgehead atoms. The van der Waals surface area contributed by atoms with Crippen molar-refractivity contribution in [1.82, 2.24) is 5.32 Å². The first kappa shape index (κ1) is 9.77. The summed E-state index contributed by atoms with van der Waals surface area (Å²) >= 11 is 0. The van der Waals surface area contributed by atoms with E-state index < -0.39 is 0 Å². The molecule has 1 aliphatic carbocycles. The fraction of sp³-hybridized carbons (Fsp3) is 0.900. The molecule has 1 spiro atoms. The fourth-order valence-corrected chi connectivity index (χ4v) is 2.07. The van der Waals surface area contributed by atoms with Gasteiger partial charge in [0.2, 0.25) is 5.90 Å². The topological polar surface area (TPSA) is 42.9 Å². The molecule has 0 radical (unpaired) electrons. The van der Waals surface area contributed by atoms with Crippen LogP contribution >= 0.6 is 0 Å². The Hall–Kier alpha value is -0.770. The quantitative estimate of drug-likeness (QED) is 0.696. The van der Waals surface area contributed by atoms with Crippen molar-refractivity contribution in [2.45, 2.75) is 44.8 Å². The highest BCUT2D eigenvalue weighted by molar-refractivity contribution is 5.78. The van der Waals surface area contributed by atoms with Gasteiger partial charge in [0.25, 0.3) is 0 Å². The molecule has 1 fully saturated rings. The third kappa shape index (κ3) is 2.00. The van der Waals surface area contributed by atoms with Crippen LogP contribution in [0.2, 0.25) is 0 Å². The van der Waals surface area contributed by atoms with Crippen LogP contribution in [0.4, 0.5) is 0 Å². The van der Waals surface area contributed by atoms with Crippen LogP contribution in [-0.2, 0) is 9.57 Å². The van der Waals surface area contributed by atoms with Crippen LogP contribution in [0, 0.1) is 0 Å². The first-order valence-electron chi connectivity index (χ1n) is 5.47. The van der Waals surface area contributed by atoms with Gasteiger partial charge in [-0.15, -0.1) is 0 Å². The Morgan fingerprint density at radius 3 is 2.79 bits per heavy atom. The number of rotatable bonds is 1. The Morgan fingerprint density at radius 1 is 1.43 bits per heavy atom. The molecule has 0 atom stereocenters. The zero-order valence-corrected chi connectivity index (χ0v) is 8.71. The highest BCUT2D eigenvalue weighted by Crippen LogP contribution is 2.30. The maximum atomic E-state index is 5.52. The van der Waals surface area contributed by atoms with E-state index in [0.717, 1.165) is 12.8 Å². The second-order valence-electron chi connectivity index (χ2n) is 3.92. The molecule has 4 nitrogen and oxygen atoms in total. The van der Waals surface area contributed by atoms with Crippen molar-refractivity contribution < 1.29 is 9.57 Å². The zero-order chi connectivity index (χ0) is 9.86. The van der Waals surface area contributed by atoms with Gasteiger partial charge in [-0.2, -0.15) is 0 Å². The third-order valence-corrected chi connectivity index (χ3v) is 2.86. The van der Waals surface area contributed by atoms with Crippen LogP contribution in [-0.4, -0.2) is 24.8 Å². The van der Waals surface area contributed by atoms with E-state index in [9.17, 15) is 0 Å². The van der Waals surface area contributed by atoms with Crippen molar-refractivity contribution in [2.24, 2.45) is 5.16 Å². The number of nitrogens with zero attached hydrogens (tertiary/aromatic N) is 1. The predicted octanol–water partition coefficient (Wildman–Crippen LogP) is 1.62. The summed E-state index contributed by atoms with van der Waals surface area (Å²) in [4.78, 5) is 5.52. The Morgan fingerprint density at radius 2 is 2.21 bits per heavy atom. The van der Waals surface area contributed by atoms with Gasteiger partial charge in [0.05, 0.1) is 13.2 Å². The van der Waals surface area contributed by atoms with Gasteiger partial charge in [0.15, 0.2) is 5.72 Å². The largest absolute Gasteiger partial charge is 0.478 e. The number of oxime groups is 1. The lowest BCUT2D eigenvalue weighted by Gasteiger charge is -2.37. The molecule has 0 saturated heterocycles. The minimum atomic E-state index is -0.182. The van der Waals surface area contributed by atoms with Crippen molar-refractivity contribution in [2.75, 3.05) is 13.2 Å². The summed E-state index contributed by atoms with van der Waals surface area (Å²) in [5.41, 5.74) is -0.182. The third-order valence-electron chi connectivity index (χ3n) is 2.86. The molecular weight excluding hydrogens is 180 g/mol. The minimum Gasteiger partial charge on any atom is -0.478 e. The van der Waals surface area contributed by atoms with Crippen molar-refractivity contribution in [3.8, 4) is 0 Å². The molecule has 1 N–H and O–H groups in total. The van der Waals surface area contributed by atoms with Gasteiger partial charge >= 0.3 is 0 Å². The van der Waals surface area contributed by atoms with Crippen LogP contribution in [0.3, 0.4) is 0 Å². The van der Waals surface area contributed by atoms with Gasteiger partial charge in [-0.25, -0.2) is 0 Å². The molecule has 4 heteroatoms. The fourth-order valence-electron chi connectivity index (χ4n) is 2.07. The molecule has 1 aliphatic heterocycles. The summed E-state index contributed by atoms with van der Waals surface area (Å²) in [6.07, 6.45) is 5.90. The van der Waals surface area contributed by atoms with Gasteiger partial charge in [-0.3, -0.25) is 5.32 Å².